The molecule has 0 bridgehead atoms. The summed E-state index contributed by atoms with van der Waals surface area (Å²) in [6.07, 6.45) is 4.62. The molecule has 0 aliphatic rings. The number of hydrogen-bond acceptors (Lipinski definition) is 3. The maximum atomic E-state index is 14.8. The zero-order valence-corrected chi connectivity index (χ0v) is 52.5. The fourth-order valence-electron chi connectivity index (χ4n) is 8.61. The molecule has 9 aromatic rings. The second-order valence-electron chi connectivity index (χ2n) is 20.2. The number of carbonyl (C=O) groups excluding carboxylic acids is 3. The molecule has 0 spiro atoms. The summed E-state index contributed by atoms with van der Waals surface area (Å²) in [6.45, 7) is 9.75. The van der Waals surface area contributed by atoms with Crippen LogP contribution >= 0.6 is 81.2 Å². The summed E-state index contributed by atoms with van der Waals surface area (Å²) >= 11 is 42.4. The summed E-state index contributed by atoms with van der Waals surface area (Å²) in [4.78, 5) is 37.3. The Morgan fingerprint density at radius 3 is 1.16 bits per heavy atom. The van der Waals surface area contributed by atoms with Gasteiger partial charge in [0.1, 0.15) is 6.17 Å². The normalized spacial score (nSPS) is 11.9. The minimum atomic E-state index is -1.08. The Morgan fingerprint density at radius 1 is 0.424 bits per heavy atom. The fraction of sp³-hybridized carbons (Fsp3) is 0.141. The lowest BCUT2D eigenvalue weighted by Crippen LogP contribution is -2.15. The van der Waals surface area contributed by atoms with Crippen molar-refractivity contribution in [2.75, 3.05) is 16.0 Å². The molecule has 3 amide bonds. The van der Waals surface area contributed by atoms with Gasteiger partial charge < -0.3 is 16.0 Å². The van der Waals surface area contributed by atoms with Crippen molar-refractivity contribution in [1.29, 1.82) is 0 Å². The Labute approximate surface area is 532 Å². The number of aryl methyl sites for hydroxylation is 3. The molecular weight excluding hydrogens is 1210 g/mol. The molecule has 0 saturated heterocycles. The molecule has 3 N–H and O–H groups in total. The van der Waals surface area contributed by atoms with Crippen LogP contribution in [0, 0.1) is 20.8 Å². The van der Waals surface area contributed by atoms with Crippen molar-refractivity contribution >= 4 is 127 Å². The number of allylic oxidation sites excluding steroid dienone is 3. The Hall–Kier alpha value is -7.17. The van der Waals surface area contributed by atoms with E-state index < -0.39 is 6.17 Å². The molecule has 0 aliphatic carbocycles. The third-order valence-corrected chi connectivity index (χ3v) is 16.6. The monoisotopic (exact) mass is 1270 g/mol. The van der Waals surface area contributed by atoms with E-state index in [1.165, 1.54) is 0 Å². The molecule has 0 aliphatic heterocycles. The first-order valence-electron chi connectivity index (χ1n) is 27.1. The number of amides is 3. The Morgan fingerprint density at radius 2 is 0.765 bits per heavy atom. The van der Waals surface area contributed by atoms with Gasteiger partial charge in [-0.2, -0.15) is 0 Å². The second-order valence-corrected chi connectivity index (χ2v) is 23.0. The Bertz CT molecular complexity index is 3680. The van der Waals surface area contributed by atoms with E-state index in [2.05, 4.69) is 22.0 Å². The summed E-state index contributed by atoms with van der Waals surface area (Å²) in [7, 11) is 0. The predicted molar refractivity (Wildman–Crippen MR) is 358 cm³/mol. The van der Waals surface area contributed by atoms with E-state index in [0.29, 0.717) is 58.3 Å². The van der Waals surface area contributed by atoms with Gasteiger partial charge in [-0.15, -0.1) is 0 Å². The van der Waals surface area contributed by atoms with Crippen LogP contribution in [-0.4, -0.2) is 23.9 Å². The largest absolute Gasteiger partial charge is 0.322 e. The second kappa shape index (κ2) is 31.8. The Kier molecular flexibility index (Phi) is 24.5. The molecule has 434 valence electrons. The van der Waals surface area contributed by atoms with Crippen LogP contribution in [0.3, 0.4) is 0 Å². The highest BCUT2D eigenvalue weighted by Crippen LogP contribution is 2.32. The van der Waals surface area contributed by atoms with Gasteiger partial charge >= 0.3 is 0 Å². The summed E-state index contributed by atoms with van der Waals surface area (Å²) in [5, 5.41) is 12.3. The van der Waals surface area contributed by atoms with Crippen LogP contribution in [0.25, 0.3) is 10.6 Å². The maximum Gasteiger partial charge on any atom is 0.255 e. The van der Waals surface area contributed by atoms with E-state index in [4.69, 9.17) is 81.2 Å². The average Bonchev–Trinajstić information content (AvgIpc) is 3.71. The van der Waals surface area contributed by atoms with Gasteiger partial charge in [0.25, 0.3) is 17.7 Å². The van der Waals surface area contributed by atoms with E-state index in [1.807, 2.05) is 180 Å². The minimum Gasteiger partial charge on any atom is -0.322 e. The predicted octanol–water partition coefficient (Wildman–Crippen LogP) is 21.8. The van der Waals surface area contributed by atoms with Crippen LogP contribution in [0.1, 0.15) is 101 Å². The van der Waals surface area contributed by atoms with E-state index in [0.717, 1.165) is 79.1 Å². The molecule has 14 heteroatoms. The number of hydrogen-bond donors (Lipinski definition) is 3. The number of rotatable bonds is 16. The summed E-state index contributed by atoms with van der Waals surface area (Å²) in [5.41, 5.74) is 14.0. The molecule has 0 aromatic heterocycles. The van der Waals surface area contributed by atoms with Crippen molar-refractivity contribution in [2.24, 2.45) is 0 Å². The topological polar surface area (TPSA) is 87.3 Å². The number of anilines is 3. The molecule has 6 nitrogen and oxygen atoms in total. The molecule has 0 heterocycles. The van der Waals surface area contributed by atoms with E-state index in [9.17, 15) is 18.8 Å². The number of alkyl halides is 1. The fourth-order valence-corrected chi connectivity index (χ4v) is 9.70. The highest BCUT2D eigenvalue weighted by Gasteiger charge is 2.20. The molecule has 0 fully saturated rings. The van der Waals surface area contributed by atoms with Gasteiger partial charge in [0.2, 0.25) is 0 Å². The van der Waals surface area contributed by atoms with Crippen molar-refractivity contribution in [3.63, 3.8) is 0 Å². The molecule has 0 radical (unpaired) electrons. The molecule has 9 rings (SSSR count). The number of halogens is 8. The number of carbonyl (C=O) groups is 3. The maximum absolute atomic E-state index is 14.8. The molecule has 2 atom stereocenters. The Balaban J connectivity index is 0.000000183. The quantitative estimate of drug-likeness (QED) is 0.0901. The molecule has 9 aromatic carbocycles. The van der Waals surface area contributed by atoms with Gasteiger partial charge in [-0.1, -0.05) is 209 Å². The molecule has 2 unspecified atom stereocenters. The number of nitrogens with one attached hydrogen (secondary N) is 3. The van der Waals surface area contributed by atoms with E-state index in [-0.39, 0.29) is 30.1 Å². The zero-order valence-electron chi connectivity index (χ0n) is 47.2. The van der Waals surface area contributed by atoms with Crippen molar-refractivity contribution in [2.45, 2.75) is 66.0 Å². The van der Waals surface area contributed by atoms with Crippen LogP contribution in [0.5, 0.6) is 0 Å². The number of benzene rings is 9. The summed E-state index contributed by atoms with van der Waals surface area (Å²) in [6, 6.07) is 61.3. The highest BCUT2D eigenvalue weighted by molar-refractivity contribution is 6.49. The van der Waals surface area contributed by atoms with Crippen molar-refractivity contribution in [3.05, 3.63) is 309 Å². The lowest BCUT2D eigenvalue weighted by Gasteiger charge is -2.18. The van der Waals surface area contributed by atoms with Gasteiger partial charge in [0.05, 0.1) is 30.1 Å². The third-order valence-electron chi connectivity index (χ3n) is 14.0. The first-order chi connectivity index (χ1) is 40.7. The highest BCUT2D eigenvalue weighted by atomic mass is 35.5. The van der Waals surface area contributed by atoms with Crippen LogP contribution in [0.2, 0.25) is 30.1 Å². The summed E-state index contributed by atoms with van der Waals surface area (Å²) < 4.78 is 14.8. The SMILES string of the molecule is CC(=CCc1ccc(C(=O)Nc2ccccc2C)cc1)c1ccc(Cl)c(Cl)c1.Cc1ccccc1NC(=O)c1ccc(CC(F)C(C)c2ccc(Cl)c(Cl)c2)cc1.Cc1ccccc1NC(=O)c1ccc(CC=C(Cl)c2ccc(Cl)c(Cl)c2)cc1. The van der Waals surface area contributed by atoms with Crippen LogP contribution in [-0.2, 0) is 19.3 Å². The van der Waals surface area contributed by atoms with E-state index in [1.54, 1.807) is 60.7 Å². The molecule has 85 heavy (non-hydrogen) atoms. The van der Waals surface area contributed by atoms with Crippen LogP contribution in [0.4, 0.5) is 21.5 Å². The molecular formula is C71H61Cl7FN3O3. The van der Waals surface area contributed by atoms with Crippen molar-refractivity contribution < 1.29 is 18.8 Å². The first kappa shape index (κ1) is 65.4. The van der Waals surface area contributed by atoms with Gasteiger partial charge in [-0.05, 0) is 187 Å². The average molecular weight is 1270 g/mol. The van der Waals surface area contributed by atoms with Crippen LogP contribution in [0.15, 0.2) is 212 Å². The zero-order chi connectivity index (χ0) is 61.2. The lowest BCUT2D eigenvalue weighted by atomic mass is 9.92. The van der Waals surface area contributed by atoms with Gasteiger partial charge in [0, 0.05) is 51.1 Å². The standard InChI is InChI=1S/C24H22Cl2FNO.C24H21Cl2NO.C23H18Cl3NO/c1-15-5-3-4-6-23(15)28-24(29)18-9-7-17(8-10-18)13-22(27)16(2)19-11-12-20(25)21(26)14-19;1-16(20-13-14-21(25)22(26)15-20)7-8-18-9-11-19(12-10-18)24(28)27-23-6-4-3-5-17(23)2;1-15-4-2-3-5-22(15)27-23(28)17-9-6-16(7-10-17)8-12-19(24)18-11-13-20(25)21(26)14-18/h3-12,14,16,22H,13H2,1-2H3,(H,28,29);3-7,9-15H,8H2,1-2H3,(H,27,28);2-7,9-14H,8H2,1H3,(H,27,28). The van der Waals surface area contributed by atoms with Crippen LogP contribution < -0.4 is 16.0 Å². The smallest absolute Gasteiger partial charge is 0.255 e. The summed E-state index contributed by atoms with van der Waals surface area (Å²) in [5.74, 6) is -0.755. The lowest BCUT2D eigenvalue weighted by molar-refractivity contribution is 0.101. The minimum absolute atomic E-state index is 0.108. The van der Waals surface area contributed by atoms with Gasteiger partial charge in [0.15, 0.2) is 0 Å². The van der Waals surface area contributed by atoms with E-state index >= 15 is 0 Å². The number of para-hydroxylation sites is 3. The first-order valence-corrected chi connectivity index (χ1v) is 29.8. The third kappa shape index (κ3) is 19.4. The van der Waals surface area contributed by atoms with Gasteiger partial charge in [-0.3, -0.25) is 14.4 Å². The van der Waals surface area contributed by atoms with Gasteiger partial charge in [-0.25, -0.2) is 4.39 Å². The molecule has 0 saturated carbocycles. The van der Waals surface area contributed by atoms with Crippen molar-refractivity contribution in [3.8, 4) is 0 Å². The van der Waals surface area contributed by atoms with Crippen molar-refractivity contribution in [1.82, 2.24) is 0 Å².